The minimum absolute atomic E-state index is 0.587. The number of nitrogen functional groups attached to an aromatic ring is 1. The van der Waals surface area contributed by atoms with Crippen LogP contribution in [0.25, 0.3) is 0 Å². The number of halogens is 1. The van der Waals surface area contributed by atoms with Gasteiger partial charge in [0.1, 0.15) is 0 Å². The predicted octanol–water partition coefficient (Wildman–Crippen LogP) is 3.32. The number of rotatable bonds is 3. The molecule has 0 spiro atoms. The van der Waals surface area contributed by atoms with Gasteiger partial charge < -0.3 is 10.6 Å². The third kappa shape index (κ3) is 2.70. The fourth-order valence-electron chi connectivity index (χ4n) is 1.67. The van der Waals surface area contributed by atoms with Crippen LogP contribution in [0.2, 0.25) is 5.02 Å². The molecule has 1 aromatic carbocycles. The molecule has 0 aliphatic carbocycles. The van der Waals surface area contributed by atoms with Gasteiger partial charge in [0.25, 0.3) is 0 Å². The molecule has 0 fully saturated rings. The van der Waals surface area contributed by atoms with Crippen molar-refractivity contribution in [1.29, 1.82) is 0 Å². The Labute approximate surface area is 110 Å². The Balaban J connectivity index is 2.20. The fraction of sp³-hybridized carbons (Fsp3) is 0.250. The molecular weight excluding hydrogens is 254 g/mol. The van der Waals surface area contributed by atoms with Crippen LogP contribution in [0.4, 0.5) is 11.4 Å². The maximum Gasteiger partial charge on any atom is 0.0898 e. The summed E-state index contributed by atoms with van der Waals surface area (Å²) in [5.74, 6) is 0. The van der Waals surface area contributed by atoms with Crippen molar-refractivity contribution in [2.75, 3.05) is 17.7 Å². The first-order valence-corrected chi connectivity index (χ1v) is 6.50. The Hall–Kier alpha value is -1.26. The van der Waals surface area contributed by atoms with Crippen molar-refractivity contribution in [3.63, 3.8) is 0 Å². The number of aryl methyl sites for hydroxylation is 1. The largest absolute Gasteiger partial charge is 0.396 e. The summed E-state index contributed by atoms with van der Waals surface area (Å²) in [7, 11) is 1.98. The number of para-hydroxylation sites is 1. The SMILES string of the molecule is Cc1nc(CN(C)c2cccc(Cl)c2N)cs1. The second-order valence-electron chi connectivity index (χ2n) is 3.89. The van der Waals surface area contributed by atoms with Gasteiger partial charge in [0, 0.05) is 12.4 Å². The van der Waals surface area contributed by atoms with Crippen molar-refractivity contribution in [2.45, 2.75) is 13.5 Å². The summed E-state index contributed by atoms with van der Waals surface area (Å²) in [6.45, 7) is 2.73. The predicted molar refractivity (Wildman–Crippen MR) is 74.8 cm³/mol. The first kappa shape index (κ1) is 12.2. The van der Waals surface area contributed by atoms with Crippen molar-refractivity contribution in [3.05, 3.63) is 39.3 Å². The number of thiazole rings is 1. The summed E-state index contributed by atoms with van der Waals surface area (Å²) >= 11 is 7.65. The lowest BCUT2D eigenvalue weighted by Crippen LogP contribution is -2.18. The molecule has 2 N–H and O–H groups in total. The lowest BCUT2D eigenvalue weighted by Gasteiger charge is -2.20. The van der Waals surface area contributed by atoms with Crippen LogP contribution in [0.3, 0.4) is 0 Å². The van der Waals surface area contributed by atoms with Crippen LogP contribution < -0.4 is 10.6 Å². The molecule has 1 heterocycles. The number of anilines is 2. The Morgan fingerprint density at radius 3 is 2.88 bits per heavy atom. The molecule has 3 nitrogen and oxygen atoms in total. The molecule has 2 aromatic rings. The van der Waals surface area contributed by atoms with Gasteiger partial charge in [-0.15, -0.1) is 11.3 Å². The molecule has 0 bridgehead atoms. The van der Waals surface area contributed by atoms with Gasteiger partial charge in [0.05, 0.1) is 33.6 Å². The van der Waals surface area contributed by atoms with Crippen LogP contribution in [0.15, 0.2) is 23.6 Å². The van der Waals surface area contributed by atoms with E-state index in [0.29, 0.717) is 10.7 Å². The smallest absolute Gasteiger partial charge is 0.0898 e. The Kier molecular flexibility index (Phi) is 3.54. The zero-order valence-electron chi connectivity index (χ0n) is 9.77. The summed E-state index contributed by atoms with van der Waals surface area (Å²) in [5, 5.41) is 3.73. The number of nitrogens with two attached hydrogens (primary N) is 1. The van der Waals surface area contributed by atoms with Crippen LogP contribution >= 0.6 is 22.9 Å². The van der Waals surface area contributed by atoms with E-state index >= 15 is 0 Å². The molecule has 5 heteroatoms. The van der Waals surface area contributed by atoms with Crippen molar-refractivity contribution in [1.82, 2.24) is 4.98 Å². The Bertz CT molecular complexity index is 524. The van der Waals surface area contributed by atoms with E-state index in [0.717, 1.165) is 22.9 Å². The quantitative estimate of drug-likeness (QED) is 0.868. The average molecular weight is 268 g/mol. The van der Waals surface area contributed by atoms with E-state index in [9.17, 15) is 0 Å². The van der Waals surface area contributed by atoms with Gasteiger partial charge in [0.2, 0.25) is 0 Å². The Morgan fingerprint density at radius 1 is 1.47 bits per heavy atom. The van der Waals surface area contributed by atoms with E-state index in [-0.39, 0.29) is 0 Å². The van der Waals surface area contributed by atoms with Gasteiger partial charge in [-0.25, -0.2) is 4.98 Å². The molecule has 0 radical (unpaired) electrons. The number of hydrogen-bond acceptors (Lipinski definition) is 4. The minimum Gasteiger partial charge on any atom is -0.396 e. The van der Waals surface area contributed by atoms with Crippen molar-refractivity contribution in [2.24, 2.45) is 0 Å². The first-order chi connectivity index (χ1) is 8.08. The zero-order valence-corrected chi connectivity index (χ0v) is 11.3. The van der Waals surface area contributed by atoms with Gasteiger partial charge in [-0.05, 0) is 19.1 Å². The molecule has 0 unspecified atom stereocenters. The highest BCUT2D eigenvalue weighted by atomic mass is 35.5. The number of benzene rings is 1. The Morgan fingerprint density at radius 2 is 2.24 bits per heavy atom. The van der Waals surface area contributed by atoms with E-state index in [2.05, 4.69) is 15.3 Å². The molecular formula is C12H14ClN3S. The third-order valence-electron chi connectivity index (χ3n) is 2.51. The van der Waals surface area contributed by atoms with E-state index in [1.807, 2.05) is 26.1 Å². The number of nitrogens with zero attached hydrogens (tertiary/aromatic N) is 2. The highest BCUT2D eigenvalue weighted by Gasteiger charge is 2.09. The summed E-state index contributed by atoms with van der Waals surface area (Å²) in [4.78, 5) is 6.48. The second-order valence-corrected chi connectivity index (χ2v) is 5.36. The molecule has 90 valence electrons. The molecule has 0 atom stereocenters. The molecule has 0 amide bonds. The second kappa shape index (κ2) is 4.94. The van der Waals surface area contributed by atoms with E-state index < -0.39 is 0 Å². The molecule has 17 heavy (non-hydrogen) atoms. The maximum absolute atomic E-state index is 6.00. The van der Waals surface area contributed by atoms with Gasteiger partial charge in [-0.1, -0.05) is 17.7 Å². The monoisotopic (exact) mass is 267 g/mol. The lowest BCUT2D eigenvalue weighted by atomic mass is 10.2. The molecule has 0 aliphatic heterocycles. The summed E-state index contributed by atoms with van der Waals surface area (Å²) < 4.78 is 0. The number of aromatic nitrogens is 1. The topological polar surface area (TPSA) is 42.2 Å². The van der Waals surface area contributed by atoms with Crippen LogP contribution in [-0.4, -0.2) is 12.0 Å². The van der Waals surface area contributed by atoms with E-state index in [4.69, 9.17) is 17.3 Å². The summed E-state index contributed by atoms with van der Waals surface area (Å²) in [5.41, 5.74) is 8.55. The third-order valence-corrected chi connectivity index (χ3v) is 3.66. The normalized spacial score (nSPS) is 10.5. The molecule has 0 aliphatic rings. The number of hydrogen-bond donors (Lipinski definition) is 1. The molecule has 1 aromatic heterocycles. The van der Waals surface area contributed by atoms with Gasteiger partial charge in [0.15, 0.2) is 0 Å². The van der Waals surface area contributed by atoms with Gasteiger partial charge in [-0.3, -0.25) is 0 Å². The average Bonchev–Trinajstić information content (AvgIpc) is 2.68. The summed E-state index contributed by atoms with van der Waals surface area (Å²) in [6.07, 6.45) is 0. The van der Waals surface area contributed by atoms with Gasteiger partial charge >= 0.3 is 0 Å². The van der Waals surface area contributed by atoms with Crippen molar-refractivity contribution < 1.29 is 0 Å². The minimum atomic E-state index is 0.587. The van der Waals surface area contributed by atoms with Crippen LogP contribution in [0, 0.1) is 6.92 Å². The van der Waals surface area contributed by atoms with Crippen molar-refractivity contribution >= 4 is 34.3 Å². The fourth-order valence-corrected chi connectivity index (χ4v) is 2.44. The highest BCUT2D eigenvalue weighted by molar-refractivity contribution is 7.09. The highest BCUT2D eigenvalue weighted by Crippen LogP contribution is 2.30. The lowest BCUT2D eigenvalue weighted by molar-refractivity contribution is 0.892. The van der Waals surface area contributed by atoms with Crippen LogP contribution in [-0.2, 0) is 6.54 Å². The van der Waals surface area contributed by atoms with E-state index in [1.165, 1.54) is 0 Å². The zero-order chi connectivity index (χ0) is 12.4. The first-order valence-electron chi connectivity index (χ1n) is 5.24. The van der Waals surface area contributed by atoms with Gasteiger partial charge in [-0.2, -0.15) is 0 Å². The molecule has 0 saturated heterocycles. The standard InChI is InChI=1S/C12H14ClN3S/c1-8-15-9(7-17-8)6-16(2)11-5-3-4-10(13)12(11)14/h3-5,7H,6,14H2,1-2H3. The maximum atomic E-state index is 6.00. The van der Waals surface area contributed by atoms with Crippen molar-refractivity contribution in [3.8, 4) is 0 Å². The summed E-state index contributed by atoms with van der Waals surface area (Å²) in [6, 6.07) is 5.65. The molecule has 0 saturated carbocycles. The van der Waals surface area contributed by atoms with E-state index in [1.54, 1.807) is 17.4 Å². The van der Waals surface area contributed by atoms with Crippen LogP contribution in [0.1, 0.15) is 10.7 Å². The molecule has 2 rings (SSSR count). The van der Waals surface area contributed by atoms with Crippen LogP contribution in [0.5, 0.6) is 0 Å².